The molecule has 4 rings (SSSR count). The number of carboxylic acids is 1. The molecule has 2 N–H and O–H groups in total. The summed E-state index contributed by atoms with van der Waals surface area (Å²) < 4.78 is 46.7. The molecule has 2 aliphatic rings. The van der Waals surface area contributed by atoms with Gasteiger partial charge in [-0.2, -0.15) is 0 Å². The number of alkyl halides is 1. The molecule has 1 aromatic carbocycles. The van der Waals surface area contributed by atoms with Crippen molar-refractivity contribution in [3.8, 4) is 0 Å². The number of carbonyl (C=O) groups is 1. The van der Waals surface area contributed by atoms with Crippen molar-refractivity contribution in [2.45, 2.75) is 51.4 Å². The molecule has 0 radical (unpaired) electrons. The number of hydrogen-bond donors (Lipinski definition) is 2. The summed E-state index contributed by atoms with van der Waals surface area (Å²) in [6.07, 6.45) is 1.97. The minimum atomic E-state index is -1.47. The zero-order valence-electron chi connectivity index (χ0n) is 17.7. The molecule has 1 aliphatic heterocycles. The van der Waals surface area contributed by atoms with E-state index in [0.717, 1.165) is 25.1 Å². The number of fused-ring (bicyclic) bond motifs is 1. The lowest BCUT2D eigenvalue weighted by molar-refractivity contribution is 0.0694. The SMILES string of the molecule is CC(C)(C)n1cc(C(=O)O)c(=O)c2cc(F)c(N3CC(F)C(CNC4CC4)C3)c(F)c21. The zero-order valence-corrected chi connectivity index (χ0v) is 17.7. The Labute approximate surface area is 177 Å². The number of anilines is 1. The van der Waals surface area contributed by atoms with E-state index in [9.17, 15) is 19.1 Å². The summed E-state index contributed by atoms with van der Waals surface area (Å²) in [5.74, 6) is -3.86. The minimum Gasteiger partial charge on any atom is -0.477 e. The number of carboxylic acid groups (broad SMARTS) is 1. The average Bonchev–Trinajstić information content (AvgIpc) is 3.42. The smallest absolute Gasteiger partial charge is 0.341 e. The molecule has 2 heterocycles. The second-order valence-electron chi connectivity index (χ2n) is 9.50. The normalized spacial score (nSPS) is 21.8. The van der Waals surface area contributed by atoms with Crippen LogP contribution in [0.15, 0.2) is 17.1 Å². The third-order valence-corrected chi connectivity index (χ3v) is 6.03. The summed E-state index contributed by atoms with van der Waals surface area (Å²) in [5, 5.41) is 12.3. The number of rotatable bonds is 5. The summed E-state index contributed by atoms with van der Waals surface area (Å²) >= 11 is 0. The third-order valence-electron chi connectivity index (χ3n) is 6.03. The van der Waals surface area contributed by atoms with Crippen molar-refractivity contribution in [2.24, 2.45) is 5.92 Å². The molecular formula is C22H26F3N3O3. The van der Waals surface area contributed by atoms with Crippen LogP contribution in [-0.4, -0.2) is 47.5 Å². The molecule has 1 saturated carbocycles. The van der Waals surface area contributed by atoms with Gasteiger partial charge in [0.2, 0.25) is 5.43 Å². The lowest BCUT2D eigenvalue weighted by Crippen LogP contribution is -2.31. The summed E-state index contributed by atoms with van der Waals surface area (Å²) in [5.41, 5.74) is -2.89. The second kappa shape index (κ2) is 7.55. The van der Waals surface area contributed by atoms with Crippen LogP contribution in [-0.2, 0) is 5.54 Å². The highest BCUT2D eigenvalue weighted by atomic mass is 19.1. The number of pyridine rings is 1. The summed E-state index contributed by atoms with van der Waals surface area (Å²) in [7, 11) is 0. The number of benzene rings is 1. The molecule has 31 heavy (non-hydrogen) atoms. The Hall–Kier alpha value is -2.55. The first-order valence-corrected chi connectivity index (χ1v) is 10.4. The van der Waals surface area contributed by atoms with Crippen molar-refractivity contribution < 1.29 is 23.1 Å². The van der Waals surface area contributed by atoms with Crippen molar-refractivity contribution in [1.82, 2.24) is 9.88 Å². The van der Waals surface area contributed by atoms with Crippen LogP contribution in [0.5, 0.6) is 0 Å². The van der Waals surface area contributed by atoms with Crippen LogP contribution in [0.25, 0.3) is 10.9 Å². The molecule has 1 aliphatic carbocycles. The summed E-state index contributed by atoms with van der Waals surface area (Å²) in [6.45, 7) is 5.60. The third kappa shape index (κ3) is 3.91. The molecule has 168 valence electrons. The maximum absolute atomic E-state index is 15.7. The fourth-order valence-corrected chi connectivity index (χ4v) is 4.19. The van der Waals surface area contributed by atoms with Crippen molar-refractivity contribution >= 4 is 22.6 Å². The van der Waals surface area contributed by atoms with E-state index in [2.05, 4.69) is 5.32 Å². The molecule has 2 unspecified atom stereocenters. The first-order chi connectivity index (χ1) is 14.5. The maximum atomic E-state index is 15.7. The number of aromatic carboxylic acids is 1. The van der Waals surface area contributed by atoms with Crippen LogP contribution >= 0.6 is 0 Å². The molecule has 0 bridgehead atoms. The van der Waals surface area contributed by atoms with Gasteiger partial charge in [-0.15, -0.1) is 0 Å². The monoisotopic (exact) mass is 437 g/mol. The van der Waals surface area contributed by atoms with Crippen molar-refractivity contribution in [3.63, 3.8) is 0 Å². The Bertz CT molecular complexity index is 1110. The Morgan fingerprint density at radius 1 is 1.26 bits per heavy atom. The van der Waals surface area contributed by atoms with Gasteiger partial charge in [0, 0.05) is 43.3 Å². The predicted octanol–water partition coefficient (Wildman–Crippen LogP) is 3.26. The molecule has 0 spiro atoms. The molecule has 2 aromatic rings. The quantitative estimate of drug-likeness (QED) is 0.751. The van der Waals surface area contributed by atoms with E-state index in [4.69, 9.17) is 0 Å². The van der Waals surface area contributed by atoms with Crippen LogP contribution in [0.2, 0.25) is 0 Å². The van der Waals surface area contributed by atoms with Gasteiger partial charge in [0.05, 0.1) is 10.9 Å². The summed E-state index contributed by atoms with van der Waals surface area (Å²) in [6, 6.07) is 1.27. The van der Waals surface area contributed by atoms with Crippen LogP contribution < -0.4 is 15.6 Å². The number of nitrogens with one attached hydrogen (secondary N) is 1. The van der Waals surface area contributed by atoms with Crippen LogP contribution in [0.3, 0.4) is 0 Å². The molecule has 0 amide bonds. The number of halogens is 3. The van der Waals surface area contributed by atoms with Gasteiger partial charge < -0.3 is 19.9 Å². The first-order valence-electron chi connectivity index (χ1n) is 10.4. The molecule has 1 aromatic heterocycles. The second-order valence-corrected chi connectivity index (χ2v) is 9.50. The summed E-state index contributed by atoms with van der Waals surface area (Å²) in [4.78, 5) is 25.5. The van der Waals surface area contributed by atoms with Crippen LogP contribution in [0.1, 0.15) is 44.0 Å². The Morgan fingerprint density at radius 3 is 2.52 bits per heavy atom. The molecule has 6 nitrogen and oxygen atoms in total. The average molecular weight is 437 g/mol. The van der Waals surface area contributed by atoms with E-state index >= 15 is 8.78 Å². The van der Waals surface area contributed by atoms with Gasteiger partial charge in [-0.1, -0.05) is 0 Å². The standard InChI is InChI=1S/C22H26F3N3O3/c1-22(2,3)28-9-14(21(30)31)20(29)13-6-15(23)19(17(25)18(13)28)27-8-11(16(24)10-27)7-26-12-4-5-12/h6,9,11-12,16,26H,4-5,7-8,10H2,1-3H3,(H,30,31). The maximum Gasteiger partial charge on any atom is 0.341 e. The lowest BCUT2D eigenvalue weighted by atomic mass is 10.0. The Balaban J connectivity index is 1.83. The fraction of sp³-hybridized carbons (Fsp3) is 0.545. The molecular weight excluding hydrogens is 411 g/mol. The molecule has 1 saturated heterocycles. The molecule has 2 atom stereocenters. The first kappa shape index (κ1) is 21.7. The lowest BCUT2D eigenvalue weighted by Gasteiger charge is -2.28. The van der Waals surface area contributed by atoms with Gasteiger partial charge in [-0.05, 0) is 39.7 Å². The highest BCUT2D eigenvalue weighted by Gasteiger charge is 2.37. The van der Waals surface area contributed by atoms with E-state index in [1.165, 1.54) is 9.47 Å². The van der Waals surface area contributed by atoms with E-state index in [1.807, 2.05) is 0 Å². The van der Waals surface area contributed by atoms with Crippen LogP contribution in [0.4, 0.5) is 18.9 Å². The molecule has 2 fully saturated rings. The minimum absolute atomic E-state index is 0.146. The zero-order chi connectivity index (χ0) is 22.7. The van der Waals surface area contributed by atoms with Gasteiger partial charge in [-0.25, -0.2) is 18.0 Å². The van der Waals surface area contributed by atoms with Crippen LogP contribution in [0, 0.1) is 17.6 Å². The highest BCUT2D eigenvalue weighted by Crippen LogP contribution is 2.35. The van der Waals surface area contributed by atoms with Crippen molar-refractivity contribution in [2.75, 3.05) is 24.5 Å². The largest absolute Gasteiger partial charge is 0.477 e. The Kier molecular flexibility index (Phi) is 5.28. The van der Waals surface area contributed by atoms with Gasteiger partial charge in [-0.3, -0.25) is 4.79 Å². The van der Waals surface area contributed by atoms with E-state index in [0.29, 0.717) is 12.6 Å². The number of nitrogens with zero attached hydrogens (tertiary/aromatic N) is 2. The Morgan fingerprint density at radius 2 is 1.94 bits per heavy atom. The van der Waals surface area contributed by atoms with E-state index in [-0.39, 0.29) is 29.7 Å². The highest BCUT2D eigenvalue weighted by molar-refractivity contribution is 5.94. The molecule has 9 heteroatoms. The van der Waals surface area contributed by atoms with E-state index < -0.39 is 46.2 Å². The number of hydrogen-bond acceptors (Lipinski definition) is 4. The van der Waals surface area contributed by atoms with Crippen molar-refractivity contribution in [1.29, 1.82) is 0 Å². The van der Waals surface area contributed by atoms with E-state index in [1.54, 1.807) is 20.8 Å². The van der Waals surface area contributed by atoms with Gasteiger partial charge in [0.15, 0.2) is 5.82 Å². The van der Waals surface area contributed by atoms with Crippen molar-refractivity contribution in [3.05, 3.63) is 39.7 Å². The topological polar surface area (TPSA) is 74.6 Å². The van der Waals surface area contributed by atoms with Gasteiger partial charge >= 0.3 is 5.97 Å². The number of aromatic nitrogens is 1. The van der Waals surface area contributed by atoms with Gasteiger partial charge in [0.1, 0.15) is 23.2 Å². The van der Waals surface area contributed by atoms with Gasteiger partial charge in [0.25, 0.3) is 0 Å². The fourth-order valence-electron chi connectivity index (χ4n) is 4.19. The predicted molar refractivity (Wildman–Crippen MR) is 112 cm³/mol.